The van der Waals surface area contributed by atoms with E-state index in [1.165, 1.54) is 18.2 Å². The van der Waals surface area contributed by atoms with E-state index in [1.807, 2.05) is 0 Å². The molecule has 2 aromatic rings. The third-order valence-corrected chi connectivity index (χ3v) is 5.66. The van der Waals surface area contributed by atoms with Crippen molar-refractivity contribution in [2.75, 3.05) is 17.2 Å². The molecule has 5 nitrogen and oxygen atoms in total. The number of hydrogen-bond acceptors (Lipinski definition) is 3. The van der Waals surface area contributed by atoms with Gasteiger partial charge < -0.3 is 16.0 Å². The fraction of sp³-hybridized carbons (Fsp3) is 0.368. The van der Waals surface area contributed by atoms with Crippen molar-refractivity contribution in [1.29, 1.82) is 0 Å². The first-order valence-corrected chi connectivity index (χ1v) is 10.1. The maximum absolute atomic E-state index is 13.2. The van der Waals surface area contributed by atoms with Gasteiger partial charge in [0.2, 0.25) is 0 Å². The molecule has 1 saturated carbocycles. The lowest BCUT2D eigenvalue weighted by Crippen LogP contribution is -2.41. The van der Waals surface area contributed by atoms with Crippen LogP contribution in [-0.2, 0) is 0 Å². The Balaban J connectivity index is 1.58. The number of carbonyl (C=O) groups excluding carboxylic acids is 1. The number of amides is 2. The van der Waals surface area contributed by atoms with Gasteiger partial charge in [-0.15, -0.1) is 0 Å². The van der Waals surface area contributed by atoms with Gasteiger partial charge in [-0.1, -0.05) is 47.6 Å². The Morgan fingerprint density at radius 2 is 1.82 bits per heavy atom. The summed E-state index contributed by atoms with van der Waals surface area (Å²) in [6, 6.07) is 3.80. The molecule has 1 heterocycles. The van der Waals surface area contributed by atoms with Gasteiger partial charge in [-0.25, -0.2) is 9.18 Å². The molecule has 1 aromatic heterocycles. The van der Waals surface area contributed by atoms with Gasteiger partial charge in [-0.05, 0) is 37.0 Å². The Labute approximate surface area is 178 Å². The van der Waals surface area contributed by atoms with E-state index < -0.39 is 5.82 Å². The second-order valence-corrected chi connectivity index (χ2v) is 7.96. The summed E-state index contributed by atoms with van der Waals surface area (Å²) < 4.78 is 13.2. The van der Waals surface area contributed by atoms with Gasteiger partial charge >= 0.3 is 6.03 Å². The standard InChI is InChI=1S/C19H20Cl3FN4O/c20-13-7-12(5-6-16(13)23)26-19(28)25-8-11-3-1-2-4-17(11)27-18-14(21)9-24-10-15(18)22/h5-7,9-11,17H,1-4,8H2,(H,24,27)(H2,25,26,28)/t11-,17-/m1/s1. The van der Waals surface area contributed by atoms with Crippen LogP contribution in [0.15, 0.2) is 30.6 Å². The zero-order chi connectivity index (χ0) is 20.1. The van der Waals surface area contributed by atoms with Crippen molar-refractivity contribution in [1.82, 2.24) is 10.3 Å². The number of aromatic nitrogens is 1. The molecule has 1 aliphatic carbocycles. The highest BCUT2D eigenvalue weighted by Gasteiger charge is 2.26. The minimum atomic E-state index is -0.530. The van der Waals surface area contributed by atoms with Crippen LogP contribution in [-0.4, -0.2) is 23.6 Å². The van der Waals surface area contributed by atoms with Crippen LogP contribution >= 0.6 is 34.8 Å². The molecule has 0 bridgehead atoms. The average Bonchev–Trinajstić information content (AvgIpc) is 2.67. The zero-order valence-corrected chi connectivity index (χ0v) is 17.2. The fourth-order valence-corrected chi connectivity index (χ4v) is 4.00. The first-order chi connectivity index (χ1) is 13.4. The summed E-state index contributed by atoms with van der Waals surface area (Å²) in [5, 5.41) is 9.85. The molecule has 0 saturated heterocycles. The molecule has 3 N–H and O–H groups in total. The second-order valence-electron chi connectivity index (χ2n) is 6.74. The van der Waals surface area contributed by atoms with Crippen molar-refractivity contribution in [3.05, 3.63) is 51.5 Å². The summed E-state index contributed by atoms with van der Waals surface area (Å²) in [7, 11) is 0. The molecule has 1 aliphatic rings. The van der Waals surface area contributed by atoms with E-state index in [1.54, 1.807) is 12.4 Å². The number of urea groups is 1. The van der Waals surface area contributed by atoms with Crippen LogP contribution in [0.3, 0.4) is 0 Å². The van der Waals surface area contributed by atoms with Crippen LogP contribution in [0.25, 0.3) is 0 Å². The Morgan fingerprint density at radius 1 is 1.11 bits per heavy atom. The lowest BCUT2D eigenvalue weighted by Gasteiger charge is -2.33. The summed E-state index contributed by atoms with van der Waals surface area (Å²) >= 11 is 18.2. The summed E-state index contributed by atoms with van der Waals surface area (Å²) in [6.45, 7) is 0.485. The van der Waals surface area contributed by atoms with E-state index in [0.717, 1.165) is 25.7 Å². The molecule has 0 spiro atoms. The Kier molecular flexibility index (Phi) is 7.21. The van der Waals surface area contributed by atoms with Crippen molar-refractivity contribution >= 4 is 52.2 Å². The lowest BCUT2D eigenvalue weighted by molar-refractivity contribution is 0.245. The molecule has 2 atom stereocenters. The third kappa shape index (κ3) is 5.40. The Hall–Kier alpha value is -1.76. The van der Waals surface area contributed by atoms with Crippen molar-refractivity contribution in [2.45, 2.75) is 31.7 Å². The minimum absolute atomic E-state index is 0.0412. The molecule has 2 amide bonds. The SMILES string of the molecule is O=C(NC[C@H]1CCCC[C@H]1Nc1c(Cl)cncc1Cl)Nc1ccc(F)c(Cl)c1. The van der Waals surface area contributed by atoms with Gasteiger partial charge in [-0.3, -0.25) is 4.98 Å². The van der Waals surface area contributed by atoms with E-state index in [0.29, 0.717) is 28.0 Å². The van der Waals surface area contributed by atoms with Crippen LogP contribution < -0.4 is 16.0 Å². The van der Waals surface area contributed by atoms with Crippen molar-refractivity contribution in [2.24, 2.45) is 5.92 Å². The smallest absolute Gasteiger partial charge is 0.319 e. The van der Waals surface area contributed by atoms with E-state index in [9.17, 15) is 9.18 Å². The quantitative estimate of drug-likeness (QED) is 0.531. The summed E-state index contributed by atoms with van der Waals surface area (Å²) in [6.07, 6.45) is 7.21. The highest BCUT2D eigenvalue weighted by atomic mass is 35.5. The third-order valence-electron chi connectivity index (χ3n) is 4.79. The first-order valence-electron chi connectivity index (χ1n) is 8.99. The number of rotatable bonds is 5. The van der Waals surface area contributed by atoms with Crippen LogP contribution in [0.1, 0.15) is 25.7 Å². The number of nitrogens with one attached hydrogen (secondary N) is 3. The van der Waals surface area contributed by atoms with E-state index in [-0.39, 0.29) is 23.0 Å². The average molecular weight is 446 g/mol. The molecular formula is C19H20Cl3FN4O. The van der Waals surface area contributed by atoms with Crippen molar-refractivity contribution in [3.8, 4) is 0 Å². The van der Waals surface area contributed by atoms with E-state index in [4.69, 9.17) is 34.8 Å². The predicted molar refractivity (Wildman–Crippen MR) is 112 cm³/mol. The molecule has 28 heavy (non-hydrogen) atoms. The topological polar surface area (TPSA) is 66.0 Å². The highest BCUT2D eigenvalue weighted by Crippen LogP contribution is 2.33. The van der Waals surface area contributed by atoms with Gasteiger partial charge in [0.05, 0.1) is 20.8 Å². The number of anilines is 2. The number of nitrogens with zero attached hydrogens (tertiary/aromatic N) is 1. The lowest BCUT2D eigenvalue weighted by atomic mass is 9.84. The number of halogens is 4. The molecule has 1 fully saturated rings. The summed E-state index contributed by atoms with van der Waals surface area (Å²) in [5.41, 5.74) is 1.10. The van der Waals surface area contributed by atoms with Crippen molar-refractivity contribution in [3.63, 3.8) is 0 Å². The van der Waals surface area contributed by atoms with Gasteiger partial charge in [0, 0.05) is 30.7 Å². The molecule has 150 valence electrons. The number of carbonyl (C=O) groups is 1. The van der Waals surface area contributed by atoms with Crippen LogP contribution in [0.4, 0.5) is 20.6 Å². The second kappa shape index (κ2) is 9.63. The number of benzene rings is 1. The normalized spacial score (nSPS) is 19.1. The molecule has 0 radical (unpaired) electrons. The van der Waals surface area contributed by atoms with Crippen LogP contribution in [0, 0.1) is 11.7 Å². The number of pyridine rings is 1. The largest absolute Gasteiger partial charge is 0.379 e. The molecule has 9 heteroatoms. The van der Waals surface area contributed by atoms with Crippen molar-refractivity contribution < 1.29 is 9.18 Å². The zero-order valence-electron chi connectivity index (χ0n) is 14.9. The maximum atomic E-state index is 13.2. The van der Waals surface area contributed by atoms with Gasteiger partial charge in [0.15, 0.2) is 0 Å². The monoisotopic (exact) mass is 444 g/mol. The van der Waals surface area contributed by atoms with Gasteiger partial charge in [0.1, 0.15) is 5.82 Å². The van der Waals surface area contributed by atoms with Crippen LogP contribution in [0.2, 0.25) is 15.1 Å². The van der Waals surface area contributed by atoms with Gasteiger partial charge in [0.25, 0.3) is 0 Å². The fourth-order valence-electron chi connectivity index (χ4n) is 3.35. The number of hydrogen-bond donors (Lipinski definition) is 3. The molecule has 3 rings (SSSR count). The molecular weight excluding hydrogens is 426 g/mol. The summed E-state index contributed by atoms with van der Waals surface area (Å²) in [4.78, 5) is 16.2. The highest BCUT2D eigenvalue weighted by molar-refractivity contribution is 6.38. The Morgan fingerprint density at radius 3 is 2.54 bits per heavy atom. The first kappa shape index (κ1) is 21.0. The molecule has 0 aliphatic heterocycles. The maximum Gasteiger partial charge on any atom is 0.319 e. The molecule has 0 unspecified atom stereocenters. The van der Waals surface area contributed by atoms with E-state index >= 15 is 0 Å². The minimum Gasteiger partial charge on any atom is -0.379 e. The summed E-state index contributed by atoms with van der Waals surface area (Å²) in [5.74, 6) is -0.311. The Bertz CT molecular complexity index is 832. The van der Waals surface area contributed by atoms with Crippen LogP contribution in [0.5, 0.6) is 0 Å². The van der Waals surface area contributed by atoms with E-state index in [2.05, 4.69) is 20.9 Å². The molecule has 1 aromatic carbocycles. The predicted octanol–water partition coefficient (Wildman–Crippen LogP) is 5.97. The van der Waals surface area contributed by atoms with Gasteiger partial charge in [-0.2, -0.15) is 0 Å².